The Balaban J connectivity index is 1.55. The summed E-state index contributed by atoms with van der Waals surface area (Å²) in [5, 5.41) is 8.36. The molecule has 0 radical (unpaired) electrons. The van der Waals surface area contributed by atoms with Crippen molar-refractivity contribution < 1.29 is 4.74 Å². The molecule has 0 saturated carbocycles. The van der Waals surface area contributed by atoms with E-state index in [1.807, 2.05) is 91.0 Å². The third-order valence-corrected chi connectivity index (χ3v) is 5.37. The van der Waals surface area contributed by atoms with Crippen molar-refractivity contribution in [3.8, 4) is 22.9 Å². The largest absolute Gasteiger partial charge is 0.457 e. The summed E-state index contributed by atoms with van der Waals surface area (Å²) in [7, 11) is 0. The quantitative estimate of drug-likeness (QED) is 0.457. The molecule has 5 aromatic rings. The average molecular weight is 397 g/mol. The first kappa shape index (κ1) is 17.3. The topological polar surface area (TPSA) is 56.5 Å². The normalized spacial score (nSPS) is 11.8. The van der Waals surface area contributed by atoms with E-state index >= 15 is 0 Å². The van der Waals surface area contributed by atoms with Gasteiger partial charge in [-0.2, -0.15) is 0 Å². The van der Waals surface area contributed by atoms with Crippen molar-refractivity contribution in [3.63, 3.8) is 0 Å². The first-order valence-electron chi connectivity index (χ1n) is 9.06. The van der Waals surface area contributed by atoms with Gasteiger partial charge >= 0.3 is 0 Å². The van der Waals surface area contributed by atoms with Crippen LogP contribution in [0.2, 0.25) is 0 Å². The zero-order valence-corrected chi connectivity index (χ0v) is 16.0. The first-order chi connectivity index (χ1) is 14.3. The molecule has 0 aliphatic rings. The molecule has 0 N–H and O–H groups in total. The van der Waals surface area contributed by atoms with Gasteiger partial charge in [-0.05, 0) is 35.9 Å². The van der Waals surface area contributed by atoms with Crippen molar-refractivity contribution >= 4 is 22.4 Å². The molecule has 3 aromatic carbocycles. The summed E-state index contributed by atoms with van der Waals surface area (Å²) in [6.45, 7) is 0. The van der Waals surface area contributed by atoms with E-state index in [9.17, 15) is 4.79 Å². The molecular weight excluding hydrogens is 382 g/mol. The summed E-state index contributed by atoms with van der Waals surface area (Å²) in [5.74, 6) is 2.04. The number of fused-ring (bicyclic) bond motifs is 1. The lowest BCUT2D eigenvalue weighted by molar-refractivity contribution is 0.482. The molecule has 0 atom stereocenters. The summed E-state index contributed by atoms with van der Waals surface area (Å²) >= 11 is 1.32. The maximum absolute atomic E-state index is 13.0. The molecule has 6 heteroatoms. The fraction of sp³-hybridized carbons (Fsp3) is 0. The fourth-order valence-electron chi connectivity index (χ4n) is 3.08. The van der Waals surface area contributed by atoms with Crippen molar-refractivity contribution in [1.29, 1.82) is 0 Å². The molecule has 0 bridgehead atoms. The van der Waals surface area contributed by atoms with Crippen molar-refractivity contribution in [2.24, 2.45) is 0 Å². The molecule has 5 nitrogen and oxygen atoms in total. The van der Waals surface area contributed by atoms with E-state index in [0.717, 1.165) is 16.9 Å². The Morgan fingerprint density at radius 3 is 2.34 bits per heavy atom. The summed E-state index contributed by atoms with van der Waals surface area (Å²) in [6, 6.07) is 26.8. The Kier molecular flexibility index (Phi) is 4.38. The third kappa shape index (κ3) is 3.41. The SMILES string of the molecule is O=c1c(=Cc2cccc(Oc3ccccc3)c2)sc2nnc(-c3ccccc3)n12. The van der Waals surface area contributed by atoms with Gasteiger partial charge in [0.05, 0.1) is 4.53 Å². The van der Waals surface area contributed by atoms with Crippen molar-refractivity contribution in [2.45, 2.75) is 0 Å². The monoisotopic (exact) mass is 397 g/mol. The number of benzene rings is 3. The van der Waals surface area contributed by atoms with Gasteiger partial charge in [-0.3, -0.25) is 4.79 Å². The van der Waals surface area contributed by atoms with Gasteiger partial charge in [0.2, 0.25) is 4.96 Å². The maximum atomic E-state index is 13.0. The molecule has 2 aromatic heterocycles. The van der Waals surface area contributed by atoms with Gasteiger partial charge in [-0.1, -0.05) is 72.0 Å². The smallest absolute Gasteiger partial charge is 0.276 e. The van der Waals surface area contributed by atoms with E-state index in [-0.39, 0.29) is 5.56 Å². The highest BCUT2D eigenvalue weighted by molar-refractivity contribution is 7.15. The minimum atomic E-state index is -0.122. The van der Waals surface area contributed by atoms with Crippen LogP contribution in [0.25, 0.3) is 22.4 Å². The van der Waals surface area contributed by atoms with Crippen LogP contribution in [0.3, 0.4) is 0 Å². The fourth-order valence-corrected chi connectivity index (χ4v) is 3.99. The van der Waals surface area contributed by atoms with E-state index in [0.29, 0.717) is 21.1 Å². The molecule has 2 heterocycles. The number of para-hydroxylation sites is 1. The number of rotatable bonds is 4. The molecule has 140 valence electrons. The molecule has 0 aliphatic heterocycles. The minimum Gasteiger partial charge on any atom is -0.457 e. The zero-order valence-electron chi connectivity index (χ0n) is 15.2. The Hall–Kier alpha value is -3.77. The standard InChI is InChI=1S/C23H15N3O2S/c27-22-20(29-23-25-24-21(26(22)23)17-9-3-1-4-10-17)15-16-8-7-13-19(14-16)28-18-11-5-2-6-12-18/h1-15H. The Morgan fingerprint density at radius 1 is 0.828 bits per heavy atom. The van der Waals surface area contributed by atoms with Crippen LogP contribution in [-0.4, -0.2) is 14.6 Å². The molecule has 0 amide bonds. The summed E-state index contributed by atoms with van der Waals surface area (Å²) < 4.78 is 8.05. The van der Waals surface area contributed by atoms with Gasteiger partial charge in [-0.15, -0.1) is 10.2 Å². The predicted molar refractivity (Wildman–Crippen MR) is 114 cm³/mol. The highest BCUT2D eigenvalue weighted by Crippen LogP contribution is 2.22. The number of aromatic nitrogens is 3. The van der Waals surface area contributed by atoms with Crippen LogP contribution in [0.5, 0.6) is 11.5 Å². The van der Waals surface area contributed by atoms with Crippen LogP contribution in [0.1, 0.15) is 5.56 Å². The van der Waals surface area contributed by atoms with Crippen LogP contribution in [0.4, 0.5) is 0 Å². The average Bonchev–Trinajstić information content (AvgIpc) is 3.30. The van der Waals surface area contributed by atoms with Gasteiger partial charge in [0.1, 0.15) is 11.5 Å². The number of hydrogen-bond acceptors (Lipinski definition) is 5. The van der Waals surface area contributed by atoms with Gasteiger partial charge in [-0.25, -0.2) is 4.40 Å². The van der Waals surface area contributed by atoms with Crippen LogP contribution < -0.4 is 14.8 Å². The first-order valence-corrected chi connectivity index (χ1v) is 9.88. The number of nitrogens with zero attached hydrogens (tertiary/aromatic N) is 3. The molecule has 29 heavy (non-hydrogen) atoms. The predicted octanol–water partition coefficient (Wildman–Crippen LogP) is 4.16. The van der Waals surface area contributed by atoms with E-state index in [4.69, 9.17) is 4.74 Å². The lowest BCUT2D eigenvalue weighted by Crippen LogP contribution is -2.23. The van der Waals surface area contributed by atoms with E-state index in [2.05, 4.69) is 10.2 Å². The Bertz CT molecular complexity index is 1390. The Morgan fingerprint density at radius 2 is 1.55 bits per heavy atom. The number of hydrogen-bond donors (Lipinski definition) is 0. The molecule has 0 fully saturated rings. The lowest BCUT2D eigenvalue weighted by Gasteiger charge is -2.05. The summed E-state index contributed by atoms with van der Waals surface area (Å²) in [5.41, 5.74) is 1.62. The van der Waals surface area contributed by atoms with Gasteiger partial charge in [0, 0.05) is 5.56 Å². The van der Waals surface area contributed by atoms with Crippen LogP contribution in [0.15, 0.2) is 89.7 Å². The van der Waals surface area contributed by atoms with E-state index < -0.39 is 0 Å². The summed E-state index contributed by atoms with van der Waals surface area (Å²) in [4.78, 5) is 13.6. The molecule has 5 rings (SSSR count). The van der Waals surface area contributed by atoms with Gasteiger partial charge in [0.25, 0.3) is 5.56 Å². The number of thiazole rings is 1. The van der Waals surface area contributed by atoms with Gasteiger partial charge < -0.3 is 4.74 Å². The Labute approximate surface area is 170 Å². The van der Waals surface area contributed by atoms with Crippen molar-refractivity contribution in [1.82, 2.24) is 14.6 Å². The highest BCUT2D eigenvalue weighted by atomic mass is 32.1. The van der Waals surface area contributed by atoms with E-state index in [1.165, 1.54) is 11.3 Å². The second-order valence-electron chi connectivity index (χ2n) is 6.41. The van der Waals surface area contributed by atoms with Gasteiger partial charge in [0.15, 0.2) is 5.82 Å². The maximum Gasteiger partial charge on any atom is 0.276 e. The van der Waals surface area contributed by atoms with Crippen LogP contribution in [0, 0.1) is 0 Å². The molecule has 0 spiro atoms. The van der Waals surface area contributed by atoms with Crippen molar-refractivity contribution in [3.05, 3.63) is 105 Å². The third-order valence-electron chi connectivity index (χ3n) is 4.42. The van der Waals surface area contributed by atoms with Crippen LogP contribution in [-0.2, 0) is 0 Å². The molecule has 0 unspecified atom stereocenters. The minimum absolute atomic E-state index is 0.122. The summed E-state index contributed by atoms with van der Waals surface area (Å²) in [6.07, 6.45) is 1.86. The second-order valence-corrected chi connectivity index (χ2v) is 7.42. The van der Waals surface area contributed by atoms with E-state index in [1.54, 1.807) is 4.40 Å². The zero-order chi connectivity index (χ0) is 19.6. The molecule has 0 saturated heterocycles. The molecular formula is C23H15N3O2S. The molecule has 0 aliphatic carbocycles. The second kappa shape index (κ2) is 7.33. The number of ether oxygens (including phenoxy) is 1. The van der Waals surface area contributed by atoms with Crippen LogP contribution >= 0.6 is 11.3 Å². The highest BCUT2D eigenvalue weighted by Gasteiger charge is 2.13. The lowest BCUT2D eigenvalue weighted by atomic mass is 10.2. The van der Waals surface area contributed by atoms with Crippen molar-refractivity contribution in [2.75, 3.05) is 0 Å².